The monoisotopic (exact) mass is 454 g/mol. The summed E-state index contributed by atoms with van der Waals surface area (Å²) in [5.41, 5.74) is 1.57. The Bertz CT molecular complexity index is 795. The van der Waals surface area contributed by atoms with Gasteiger partial charge in [-0.25, -0.2) is 0 Å². The molecule has 33 heavy (non-hydrogen) atoms. The number of aromatic nitrogens is 2. The zero-order valence-electron chi connectivity index (χ0n) is 20.9. The first-order valence-corrected chi connectivity index (χ1v) is 12.9. The van der Waals surface area contributed by atoms with E-state index in [0.717, 1.165) is 18.4 Å². The zero-order valence-corrected chi connectivity index (χ0v) is 20.9. The molecule has 0 N–H and O–H groups in total. The summed E-state index contributed by atoms with van der Waals surface area (Å²) >= 11 is 0. The summed E-state index contributed by atoms with van der Waals surface area (Å²) in [4.78, 5) is 20.9. The van der Waals surface area contributed by atoms with Gasteiger partial charge in [-0.3, -0.25) is 4.79 Å². The summed E-state index contributed by atoms with van der Waals surface area (Å²) in [6, 6.07) is 9.90. The van der Waals surface area contributed by atoms with Gasteiger partial charge < -0.3 is 9.47 Å². The maximum atomic E-state index is 12.2. The van der Waals surface area contributed by atoms with E-state index in [2.05, 4.69) is 23.8 Å². The van der Waals surface area contributed by atoms with Gasteiger partial charge in [-0.15, -0.1) is 0 Å². The molecule has 5 nitrogen and oxygen atoms in total. The molecular formula is C28H42N2O3. The molecule has 1 unspecified atom stereocenters. The lowest BCUT2D eigenvalue weighted by Gasteiger charge is -2.12. The van der Waals surface area contributed by atoms with Crippen LogP contribution in [0.25, 0.3) is 11.3 Å². The average Bonchev–Trinajstić information content (AvgIpc) is 2.83. The Morgan fingerprint density at radius 2 is 1.55 bits per heavy atom. The van der Waals surface area contributed by atoms with Crippen molar-refractivity contribution in [3.05, 3.63) is 36.5 Å². The highest BCUT2D eigenvalue weighted by atomic mass is 16.5. The molecule has 0 radical (unpaired) electrons. The molecule has 1 atom stereocenters. The second kappa shape index (κ2) is 16.2. The number of unbranched alkanes of at least 4 members (excludes halogenated alkanes) is 9. The van der Waals surface area contributed by atoms with Crippen LogP contribution in [0.15, 0.2) is 36.5 Å². The first-order valence-electron chi connectivity index (χ1n) is 12.9. The molecule has 1 heterocycles. The van der Waals surface area contributed by atoms with Crippen molar-refractivity contribution in [3.8, 4) is 23.0 Å². The fourth-order valence-corrected chi connectivity index (χ4v) is 3.66. The molecular weight excluding hydrogens is 412 g/mol. The van der Waals surface area contributed by atoms with Gasteiger partial charge in [0.05, 0.1) is 12.8 Å². The summed E-state index contributed by atoms with van der Waals surface area (Å²) < 4.78 is 11.4. The molecule has 0 amide bonds. The first kappa shape index (κ1) is 26.8. The minimum atomic E-state index is -0.303. The molecule has 2 aromatic rings. The summed E-state index contributed by atoms with van der Waals surface area (Å²) in [6.07, 6.45) is 15.8. The van der Waals surface area contributed by atoms with E-state index in [1.54, 1.807) is 6.20 Å². The Morgan fingerprint density at radius 3 is 2.18 bits per heavy atom. The van der Waals surface area contributed by atoms with Crippen LogP contribution >= 0.6 is 0 Å². The van der Waals surface area contributed by atoms with Crippen molar-refractivity contribution in [1.29, 1.82) is 0 Å². The van der Waals surface area contributed by atoms with Crippen LogP contribution in [-0.4, -0.2) is 22.5 Å². The number of nitrogens with zero attached hydrogens (tertiary/aromatic N) is 2. The summed E-state index contributed by atoms with van der Waals surface area (Å²) in [6.45, 7) is 6.98. The number of esters is 1. The van der Waals surface area contributed by atoms with Crippen LogP contribution in [0.2, 0.25) is 0 Å². The third kappa shape index (κ3) is 10.8. The van der Waals surface area contributed by atoms with Crippen molar-refractivity contribution in [2.45, 2.75) is 97.8 Å². The van der Waals surface area contributed by atoms with Crippen LogP contribution in [0.5, 0.6) is 11.8 Å². The lowest BCUT2D eigenvalue weighted by Crippen LogP contribution is -2.14. The quantitative estimate of drug-likeness (QED) is 0.180. The Labute approximate surface area is 200 Å². The van der Waals surface area contributed by atoms with Gasteiger partial charge in [0.1, 0.15) is 5.69 Å². The molecule has 0 spiro atoms. The summed E-state index contributed by atoms with van der Waals surface area (Å²) in [7, 11) is 0. The van der Waals surface area contributed by atoms with Crippen LogP contribution in [0.4, 0.5) is 0 Å². The molecule has 1 aromatic carbocycles. The van der Waals surface area contributed by atoms with E-state index in [4.69, 9.17) is 9.47 Å². The number of hydrogen-bond acceptors (Lipinski definition) is 5. The van der Waals surface area contributed by atoms with Crippen LogP contribution in [-0.2, 0) is 4.79 Å². The maximum Gasteiger partial charge on any atom is 0.325 e. The van der Waals surface area contributed by atoms with Gasteiger partial charge in [-0.05, 0) is 12.3 Å². The lowest BCUT2D eigenvalue weighted by atomic mass is 10.1. The minimum absolute atomic E-state index is 0.0773. The highest BCUT2D eigenvalue weighted by molar-refractivity contribution is 5.72. The van der Waals surface area contributed by atoms with Gasteiger partial charge in [-0.2, -0.15) is 9.97 Å². The number of rotatable bonds is 17. The normalized spacial score (nSPS) is 11.8. The minimum Gasteiger partial charge on any atom is -0.490 e. The van der Waals surface area contributed by atoms with Crippen LogP contribution in [0.3, 0.4) is 0 Å². The second-order valence-electron chi connectivity index (χ2n) is 8.95. The van der Waals surface area contributed by atoms with E-state index in [9.17, 15) is 4.79 Å². The third-order valence-electron chi connectivity index (χ3n) is 5.95. The molecule has 0 saturated heterocycles. The van der Waals surface area contributed by atoms with E-state index >= 15 is 0 Å². The Kier molecular flexibility index (Phi) is 13.2. The number of benzene rings is 1. The van der Waals surface area contributed by atoms with E-state index in [1.165, 1.54) is 57.8 Å². The molecule has 0 aliphatic heterocycles. The zero-order chi connectivity index (χ0) is 23.7. The SMILES string of the molecule is CCCCCCCCCCCCOc1cnc(OC(=O)CC(C)CC)nc1-c1ccccc1. The first-order chi connectivity index (χ1) is 16.1. The standard InChI is InChI=1S/C28H42N2O3/c1-4-6-7-8-9-10-11-12-13-17-20-32-25-22-29-28(33-26(31)21-23(3)5-2)30-27(25)24-18-15-14-16-19-24/h14-16,18-19,22-23H,4-13,17,20-21H2,1-3H3. The molecule has 0 bridgehead atoms. The Morgan fingerprint density at radius 1 is 0.909 bits per heavy atom. The lowest BCUT2D eigenvalue weighted by molar-refractivity contribution is -0.135. The molecule has 0 aliphatic rings. The summed E-state index contributed by atoms with van der Waals surface area (Å²) in [5, 5.41) is 0. The highest BCUT2D eigenvalue weighted by Crippen LogP contribution is 2.29. The molecule has 0 saturated carbocycles. The number of hydrogen-bond donors (Lipinski definition) is 0. The van der Waals surface area contributed by atoms with E-state index in [1.807, 2.05) is 37.3 Å². The highest BCUT2D eigenvalue weighted by Gasteiger charge is 2.15. The molecule has 5 heteroatoms. The summed E-state index contributed by atoms with van der Waals surface area (Å²) in [5.74, 6) is 0.594. The van der Waals surface area contributed by atoms with Gasteiger partial charge in [0, 0.05) is 12.0 Å². The third-order valence-corrected chi connectivity index (χ3v) is 5.95. The average molecular weight is 455 g/mol. The molecule has 1 aromatic heterocycles. The smallest absolute Gasteiger partial charge is 0.325 e. The fourth-order valence-electron chi connectivity index (χ4n) is 3.66. The maximum absolute atomic E-state index is 12.2. The van der Waals surface area contributed by atoms with Gasteiger partial charge in [0.2, 0.25) is 0 Å². The Balaban J connectivity index is 1.84. The van der Waals surface area contributed by atoms with Crippen molar-refractivity contribution < 1.29 is 14.3 Å². The van der Waals surface area contributed by atoms with Gasteiger partial charge >= 0.3 is 12.0 Å². The van der Waals surface area contributed by atoms with E-state index in [-0.39, 0.29) is 17.9 Å². The molecule has 0 fully saturated rings. The molecule has 182 valence electrons. The van der Waals surface area contributed by atoms with Crippen molar-refractivity contribution in [1.82, 2.24) is 9.97 Å². The number of carbonyl (C=O) groups is 1. The van der Waals surface area contributed by atoms with Gasteiger partial charge in [-0.1, -0.05) is 115 Å². The molecule has 2 rings (SSSR count). The second-order valence-corrected chi connectivity index (χ2v) is 8.95. The topological polar surface area (TPSA) is 61.3 Å². The van der Waals surface area contributed by atoms with Crippen molar-refractivity contribution in [3.63, 3.8) is 0 Å². The van der Waals surface area contributed by atoms with Crippen LogP contribution in [0.1, 0.15) is 97.8 Å². The largest absolute Gasteiger partial charge is 0.490 e. The van der Waals surface area contributed by atoms with Crippen molar-refractivity contribution in [2.75, 3.05) is 6.61 Å². The van der Waals surface area contributed by atoms with Gasteiger partial charge in [0.25, 0.3) is 0 Å². The predicted octanol–water partition coefficient (Wildman–Crippen LogP) is 7.78. The van der Waals surface area contributed by atoms with Crippen LogP contribution < -0.4 is 9.47 Å². The Hall–Kier alpha value is -2.43. The van der Waals surface area contributed by atoms with Crippen molar-refractivity contribution in [2.24, 2.45) is 5.92 Å². The van der Waals surface area contributed by atoms with E-state index in [0.29, 0.717) is 24.5 Å². The van der Waals surface area contributed by atoms with Gasteiger partial charge in [0.15, 0.2) is 5.75 Å². The fraction of sp³-hybridized carbons (Fsp3) is 0.607. The number of carbonyl (C=O) groups excluding carboxylic acids is 1. The van der Waals surface area contributed by atoms with Crippen LogP contribution in [0, 0.1) is 5.92 Å². The molecule has 0 aliphatic carbocycles. The van der Waals surface area contributed by atoms with E-state index < -0.39 is 0 Å². The predicted molar refractivity (Wildman–Crippen MR) is 135 cm³/mol. The van der Waals surface area contributed by atoms with Crippen molar-refractivity contribution >= 4 is 5.97 Å². The number of ether oxygens (including phenoxy) is 2.